The Labute approximate surface area is 150 Å². The molecule has 4 rings (SSSR count). The minimum absolute atomic E-state index is 0.0231. The lowest BCUT2D eigenvalue weighted by Crippen LogP contribution is -2.33. The van der Waals surface area contributed by atoms with Crippen LogP contribution in [0.5, 0.6) is 5.75 Å². The first-order chi connectivity index (χ1) is 12.6. The van der Waals surface area contributed by atoms with E-state index in [1.165, 1.54) is 0 Å². The van der Waals surface area contributed by atoms with E-state index in [2.05, 4.69) is 12.2 Å². The van der Waals surface area contributed by atoms with Crippen LogP contribution in [0.4, 0.5) is 0 Å². The van der Waals surface area contributed by atoms with Gasteiger partial charge < -0.3 is 19.0 Å². The highest BCUT2D eigenvalue weighted by Gasteiger charge is 2.25. The normalized spacial score (nSPS) is 15.7. The number of nitrogens with one attached hydrogen (secondary N) is 1. The molecule has 6 heteroatoms. The van der Waals surface area contributed by atoms with Crippen molar-refractivity contribution in [1.82, 2.24) is 9.88 Å². The van der Waals surface area contributed by atoms with E-state index in [4.69, 9.17) is 9.15 Å². The van der Waals surface area contributed by atoms with E-state index < -0.39 is 5.91 Å². The minimum Gasteiger partial charge on any atom is -0.486 e. The van der Waals surface area contributed by atoms with E-state index in [0.29, 0.717) is 23.4 Å². The molecule has 134 valence electrons. The Balaban J connectivity index is 1.79. The van der Waals surface area contributed by atoms with Crippen molar-refractivity contribution in [2.45, 2.75) is 39.5 Å². The summed E-state index contributed by atoms with van der Waals surface area (Å²) in [4.78, 5) is 25.6. The summed E-state index contributed by atoms with van der Waals surface area (Å²) < 4.78 is 13.2. The van der Waals surface area contributed by atoms with Crippen LogP contribution < -0.4 is 15.5 Å². The maximum atomic E-state index is 13.0. The number of pyridine rings is 1. The molecule has 0 saturated heterocycles. The van der Waals surface area contributed by atoms with Gasteiger partial charge in [-0.05, 0) is 37.1 Å². The van der Waals surface area contributed by atoms with Crippen LogP contribution in [0.1, 0.15) is 35.0 Å². The molecular weight excluding hydrogens is 332 g/mol. The van der Waals surface area contributed by atoms with E-state index in [9.17, 15) is 9.59 Å². The van der Waals surface area contributed by atoms with E-state index in [1.54, 1.807) is 24.6 Å². The van der Waals surface area contributed by atoms with Gasteiger partial charge in [-0.3, -0.25) is 9.59 Å². The lowest BCUT2D eigenvalue weighted by molar-refractivity contribution is 0.0945. The Morgan fingerprint density at radius 2 is 2.19 bits per heavy atom. The monoisotopic (exact) mass is 352 g/mol. The molecule has 2 aromatic heterocycles. The number of carbonyl (C=O) groups is 1. The SMILES string of the molecule is CC[C@@H]1Cn2cc(C(=O)NCc3ccco3)c(=O)c3c(C)ccc(c32)O1. The second-order valence-corrected chi connectivity index (χ2v) is 6.54. The average Bonchev–Trinajstić information content (AvgIpc) is 3.16. The first kappa shape index (κ1) is 16.4. The Bertz CT molecular complexity index is 1030. The number of ether oxygens (including phenoxy) is 1. The van der Waals surface area contributed by atoms with Gasteiger partial charge in [0.05, 0.1) is 30.3 Å². The quantitative estimate of drug-likeness (QED) is 0.783. The number of benzene rings is 1. The third kappa shape index (κ3) is 2.67. The fourth-order valence-electron chi connectivity index (χ4n) is 3.38. The Morgan fingerprint density at radius 1 is 1.35 bits per heavy atom. The van der Waals surface area contributed by atoms with Gasteiger partial charge in [-0.15, -0.1) is 0 Å². The second kappa shape index (κ2) is 6.37. The number of aryl methyl sites for hydroxylation is 1. The van der Waals surface area contributed by atoms with Gasteiger partial charge in [0.1, 0.15) is 23.2 Å². The first-order valence-electron chi connectivity index (χ1n) is 8.72. The Kier molecular flexibility index (Phi) is 4.03. The summed E-state index contributed by atoms with van der Waals surface area (Å²) in [5.41, 5.74) is 1.47. The Morgan fingerprint density at radius 3 is 2.92 bits per heavy atom. The molecule has 1 amide bonds. The highest BCUT2D eigenvalue weighted by Crippen LogP contribution is 2.32. The zero-order valence-electron chi connectivity index (χ0n) is 14.7. The summed E-state index contributed by atoms with van der Waals surface area (Å²) in [5, 5.41) is 3.30. The first-order valence-corrected chi connectivity index (χ1v) is 8.72. The number of hydrogen-bond acceptors (Lipinski definition) is 4. The molecule has 1 aliphatic rings. The number of amides is 1. The van der Waals surface area contributed by atoms with Crippen molar-refractivity contribution in [3.63, 3.8) is 0 Å². The topological polar surface area (TPSA) is 73.5 Å². The predicted molar refractivity (Wildman–Crippen MR) is 97.5 cm³/mol. The average molecular weight is 352 g/mol. The van der Waals surface area contributed by atoms with Gasteiger partial charge in [0.15, 0.2) is 0 Å². The van der Waals surface area contributed by atoms with Gasteiger partial charge in [0, 0.05) is 6.20 Å². The summed E-state index contributed by atoms with van der Waals surface area (Å²) in [6.07, 6.45) is 4.07. The highest BCUT2D eigenvalue weighted by atomic mass is 16.5. The number of nitrogens with zero attached hydrogens (tertiary/aromatic N) is 1. The van der Waals surface area contributed by atoms with Crippen molar-refractivity contribution < 1.29 is 13.9 Å². The molecule has 26 heavy (non-hydrogen) atoms. The Hall–Kier alpha value is -3.02. The van der Waals surface area contributed by atoms with E-state index in [-0.39, 0.29) is 23.6 Å². The summed E-state index contributed by atoms with van der Waals surface area (Å²) in [7, 11) is 0. The van der Waals surface area contributed by atoms with Gasteiger partial charge in [-0.2, -0.15) is 0 Å². The lowest BCUT2D eigenvalue weighted by atomic mass is 10.0. The molecule has 6 nitrogen and oxygen atoms in total. The van der Waals surface area contributed by atoms with Gasteiger partial charge in [0.25, 0.3) is 5.91 Å². The molecule has 3 heterocycles. The van der Waals surface area contributed by atoms with Gasteiger partial charge in [-0.1, -0.05) is 13.0 Å². The van der Waals surface area contributed by atoms with Gasteiger partial charge in [-0.25, -0.2) is 0 Å². The molecule has 0 unspecified atom stereocenters. The van der Waals surface area contributed by atoms with E-state index in [0.717, 1.165) is 17.5 Å². The number of rotatable bonds is 4. The molecular formula is C20H20N2O4. The second-order valence-electron chi connectivity index (χ2n) is 6.54. The molecule has 0 bridgehead atoms. The molecule has 3 aromatic rings. The van der Waals surface area contributed by atoms with Crippen LogP contribution >= 0.6 is 0 Å². The van der Waals surface area contributed by atoms with Crippen molar-refractivity contribution in [3.05, 3.63) is 63.8 Å². The van der Waals surface area contributed by atoms with Crippen molar-refractivity contribution in [3.8, 4) is 5.75 Å². The van der Waals surface area contributed by atoms with Gasteiger partial charge in [0.2, 0.25) is 5.43 Å². The van der Waals surface area contributed by atoms with Crippen molar-refractivity contribution in [1.29, 1.82) is 0 Å². The fourth-order valence-corrected chi connectivity index (χ4v) is 3.38. The van der Waals surface area contributed by atoms with Crippen molar-refractivity contribution >= 4 is 16.8 Å². The van der Waals surface area contributed by atoms with E-state index in [1.807, 2.05) is 23.6 Å². The third-order valence-corrected chi connectivity index (χ3v) is 4.79. The number of carbonyl (C=O) groups excluding carboxylic acids is 1. The van der Waals surface area contributed by atoms with Crippen molar-refractivity contribution in [2.75, 3.05) is 0 Å². The predicted octanol–water partition coefficient (Wildman–Crippen LogP) is 3.00. The smallest absolute Gasteiger partial charge is 0.257 e. The van der Waals surface area contributed by atoms with Crippen LogP contribution in [-0.2, 0) is 13.1 Å². The highest BCUT2D eigenvalue weighted by molar-refractivity contribution is 5.99. The largest absolute Gasteiger partial charge is 0.486 e. The van der Waals surface area contributed by atoms with Crippen LogP contribution in [-0.4, -0.2) is 16.6 Å². The number of aromatic nitrogens is 1. The molecule has 0 saturated carbocycles. The van der Waals surface area contributed by atoms with Crippen LogP contribution in [0.2, 0.25) is 0 Å². The van der Waals surface area contributed by atoms with E-state index >= 15 is 0 Å². The molecule has 0 aliphatic carbocycles. The molecule has 0 spiro atoms. The maximum Gasteiger partial charge on any atom is 0.257 e. The molecule has 1 aliphatic heterocycles. The lowest BCUT2D eigenvalue weighted by Gasteiger charge is -2.28. The number of hydrogen-bond donors (Lipinski definition) is 1. The minimum atomic E-state index is -0.401. The standard InChI is InChI=1S/C20H20N2O4/c1-3-13-10-22-11-15(20(24)21-9-14-5-4-8-25-14)19(23)17-12(2)6-7-16(26-13)18(17)22/h4-8,11,13H,3,9-10H2,1-2H3,(H,21,24)/t13-/m1/s1. The molecule has 0 radical (unpaired) electrons. The third-order valence-electron chi connectivity index (χ3n) is 4.79. The zero-order chi connectivity index (χ0) is 18.3. The summed E-state index contributed by atoms with van der Waals surface area (Å²) >= 11 is 0. The summed E-state index contributed by atoms with van der Waals surface area (Å²) in [6.45, 7) is 4.78. The van der Waals surface area contributed by atoms with Gasteiger partial charge >= 0.3 is 0 Å². The molecule has 0 fully saturated rings. The molecule has 1 aromatic carbocycles. The molecule has 1 N–H and O–H groups in total. The van der Waals surface area contributed by atoms with Crippen LogP contribution in [0.15, 0.2) is 45.9 Å². The maximum absolute atomic E-state index is 13.0. The summed E-state index contributed by atoms with van der Waals surface area (Å²) in [5.74, 6) is 0.934. The van der Waals surface area contributed by atoms with Crippen LogP contribution in [0.3, 0.4) is 0 Å². The fraction of sp³-hybridized carbons (Fsp3) is 0.300. The molecule has 1 atom stereocenters. The zero-order valence-corrected chi connectivity index (χ0v) is 14.7. The number of furan rings is 1. The summed E-state index contributed by atoms with van der Waals surface area (Å²) in [6, 6.07) is 7.29. The van der Waals surface area contributed by atoms with Crippen molar-refractivity contribution in [2.24, 2.45) is 0 Å². The van der Waals surface area contributed by atoms with Crippen LogP contribution in [0.25, 0.3) is 10.9 Å². The van der Waals surface area contributed by atoms with Crippen LogP contribution in [0, 0.1) is 6.92 Å².